The fourth-order valence-electron chi connectivity index (χ4n) is 3.31. The van der Waals surface area contributed by atoms with Crippen molar-refractivity contribution in [3.63, 3.8) is 0 Å². The highest BCUT2D eigenvalue weighted by Crippen LogP contribution is 2.28. The van der Waals surface area contributed by atoms with Crippen molar-refractivity contribution >= 4 is 23.9 Å². The number of carbonyl (C=O) groups excluding carboxylic acids is 1. The summed E-state index contributed by atoms with van der Waals surface area (Å²) in [6, 6.07) is 25.0. The Labute approximate surface area is 214 Å². The van der Waals surface area contributed by atoms with Gasteiger partial charge in [0.1, 0.15) is 11.5 Å². The lowest BCUT2D eigenvalue weighted by Gasteiger charge is -2.10. The SMILES string of the molecule is CCCOc1ccc(C=NNC(=O)CSc2nnc(-c3ccc(OC)cc3)n2-c2ccccc2)cc1. The van der Waals surface area contributed by atoms with Crippen molar-refractivity contribution in [2.24, 2.45) is 5.10 Å². The number of amides is 1. The maximum Gasteiger partial charge on any atom is 0.250 e. The van der Waals surface area contributed by atoms with Gasteiger partial charge < -0.3 is 9.47 Å². The van der Waals surface area contributed by atoms with Crippen LogP contribution in [0.3, 0.4) is 0 Å². The van der Waals surface area contributed by atoms with Crippen LogP contribution < -0.4 is 14.9 Å². The van der Waals surface area contributed by atoms with Gasteiger partial charge in [0.05, 0.1) is 25.7 Å². The van der Waals surface area contributed by atoms with Gasteiger partial charge in [0, 0.05) is 11.3 Å². The van der Waals surface area contributed by atoms with Gasteiger partial charge >= 0.3 is 0 Å². The molecule has 1 amide bonds. The number of hydrazone groups is 1. The van der Waals surface area contributed by atoms with Gasteiger partial charge in [-0.25, -0.2) is 5.43 Å². The highest BCUT2D eigenvalue weighted by molar-refractivity contribution is 7.99. The van der Waals surface area contributed by atoms with Crippen LogP contribution in [0.4, 0.5) is 0 Å². The number of nitrogens with zero attached hydrogens (tertiary/aromatic N) is 4. The van der Waals surface area contributed by atoms with Gasteiger partial charge in [0.25, 0.3) is 5.91 Å². The summed E-state index contributed by atoms with van der Waals surface area (Å²) in [6.07, 6.45) is 2.55. The Bertz CT molecular complexity index is 1290. The summed E-state index contributed by atoms with van der Waals surface area (Å²) in [5.41, 5.74) is 5.22. The van der Waals surface area contributed by atoms with E-state index in [2.05, 4.69) is 27.6 Å². The fraction of sp³-hybridized carbons (Fsp3) is 0.185. The van der Waals surface area contributed by atoms with Crippen LogP contribution in [0.15, 0.2) is 89.1 Å². The first-order valence-electron chi connectivity index (χ1n) is 11.5. The Morgan fingerprint density at radius 1 is 1.00 bits per heavy atom. The van der Waals surface area contributed by atoms with Gasteiger partial charge in [0.15, 0.2) is 11.0 Å². The second kappa shape index (κ2) is 12.6. The zero-order valence-corrected chi connectivity index (χ0v) is 20.9. The third-order valence-electron chi connectivity index (χ3n) is 5.08. The third-order valence-corrected chi connectivity index (χ3v) is 6.01. The average molecular weight is 502 g/mol. The second-order valence-electron chi connectivity index (χ2n) is 7.70. The van der Waals surface area contributed by atoms with Crippen LogP contribution in [-0.4, -0.2) is 46.4 Å². The third kappa shape index (κ3) is 6.51. The van der Waals surface area contributed by atoms with E-state index in [9.17, 15) is 4.79 Å². The van der Waals surface area contributed by atoms with Crippen molar-refractivity contribution in [2.45, 2.75) is 18.5 Å². The predicted octanol–water partition coefficient (Wildman–Crippen LogP) is 4.97. The summed E-state index contributed by atoms with van der Waals surface area (Å²) in [5.74, 6) is 2.14. The minimum atomic E-state index is -0.243. The van der Waals surface area contributed by atoms with E-state index in [-0.39, 0.29) is 11.7 Å². The molecule has 0 atom stereocenters. The van der Waals surface area contributed by atoms with Crippen LogP contribution in [0.5, 0.6) is 11.5 Å². The molecule has 1 aromatic heterocycles. The van der Waals surface area contributed by atoms with E-state index < -0.39 is 0 Å². The standard InChI is InChI=1S/C27H27N5O3S/c1-3-17-35-24-13-9-20(10-14-24)18-28-29-25(33)19-36-27-31-30-26(21-11-15-23(34-2)16-12-21)32(27)22-7-5-4-6-8-22/h4-16,18H,3,17,19H2,1-2H3,(H,29,33). The first-order valence-corrected chi connectivity index (χ1v) is 12.5. The lowest BCUT2D eigenvalue weighted by molar-refractivity contribution is -0.118. The number of hydrogen-bond donors (Lipinski definition) is 1. The van der Waals surface area contributed by atoms with E-state index in [1.807, 2.05) is 83.4 Å². The predicted molar refractivity (Wildman–Crippen MR) is 142 cm³/mol. The normalized spacial score (nSPS) is 10.9. The first kappa shape index (κ1) is 25.0. The zero-order chi connectivity index (χ0) is 25.2. The van der Waals surface area contributed by atoms with Gasteiger partial charge in [-0.3, -0.25) is 9.36 Å². The number of thioether (sulfide) groups is 1. The molecule has 184 valence electrons. The van der Waals surface area contributed by atoms with Gasteiger partial charge in [-0.05, 0) is 72.6 Å². The van der Waals surface area contributed by atoms with E-state index in [1.165, 1.54) is 11.8 Å². The maximum atomic E-state index is 12.4. The van der Waals surface area contributed by atoms with Crippen LogP contribution in [0.2, 0.25) is 0 Å². The molecule has 4 aromatic rings. The summed E-state index contributed by atoms with van der Waals surface area (Å²) in [6.45, 7) is 2.74. The topological polar surface area (TPSA) is 90.6 Å². The van der Waals surface area contributed by atoms with Crippen LogP contribution in [0.1, 0.15) is 18.9 Å². The largest absolute Gasteiger partial charge is 0.497 e. The van der Waals surface area contributed by atoms with Gasteiger partial charge in [0.2, 0.25) is 0 Å². The van der Waals surface area contributed by atoms with Crippen LogP contribution >= 0.6 is 11.8 Å². The van der Waals surface area contributed by atoms with E-state index >= 15 is 0 Å². The Hall–Kier alpha value is -4.11. The van der Waals surface area contributed by atoms with Crippen molar-refractivity contribution in [3.8, 4) is 28.6 Å². The molecule has 9 heteroatoms. The Morgan fingerprint density at radius 2 is 1.72 bits per heavy atom. The number of rotatable bonds is 11. The molecule has 0 aliphatic heterocycles. The summed E-state index contributed by atoms with van der Waals surface area (Å²) in [4.78, 5) is 12.4. The highest BCUT2D eigenvalue weighted by Gasteiger charge is 2.17. The maximum absolute atomic E-state index is 12.4. The quantitative estimate of drug-likeness (QED) is 0.177. The Morgan fingerprint density at radius 3 is 2.42 bits per heavy atom. The van der Waals surface area contributed by atoms with Crippen LogP contribution in [0, 0.1) is 0 Å². The average Bonchev–Trinajstić information content (AvgIpc) is 3.36. The lowest BCUT2D eigenvalue weighted by Crippen LogP contribution is -2.20. The molecular formula is C27H27N5O3S. The summed E-state index contributed by atoms with van der Waals surface area (Å²) >= 11 is 1.29. The molecule has 0 spiro atoms. The van der Waals surface area contributed by atoms with Crippen molar-refractivity contribution in [3.05, 3.63) is 84.4 Å². The van der Waals surface area contributed by atoms with Crippen molar-refractivity contribution in [2.75, 3.05) is 19.5 Å². The van der Waals surface area contributed by atoms with Crippen molar-refractivity contribution in [1.82, 2.24) is 20.2 Å². The number of hydrogen-bond acceptors (Lipinski definition) is 7. The lowest BCUT2D eigenvalue weighted by atomic mass is 10.2. The molecule has 1 heterocycles. The molecule has 0 unspecified atom stereocenters. The molecular weight excluding hydrogens is 474 g/mol. The number of carbonyl (C=O) groups is 1. The summed E-state index contributed by atoms with van der Waals surface area (Å²) in [5, 5.41) is 13.4. The molecule has 0 saturated heterocycles. The summed E-state index contributed by atoms with van der Waals surface area (Å²) in [7, 11) is 1.63. The monoisotopic (exact) mass is 501 g/mol. The van der Waals surface area contributed by atoms with Crippen molar-refractivity contribution < 1.29 is 14.3 Å². The van der Waals surface area contributed by atoms with Gasteiger partial charge in [-0.15, -0.1) is 10.2 Å². The van der Waals surface area contributed by atoms with E-state index in [4.69, 9.17) is 9.47 Å². The Balaban J connectivity index is 1.42. The highest BCUT2D eigenvalue weighted by atomic mass is 32.2. The fourth-order valence-corrected chi connectivity index (χ4v) is 4.06. The molecule has 36 heavy (non-hydrogen) atoms. The molecule has 0 bridgehead atoms. The second-order valence-corrected chi connectivity index (χ2v) is 8.65. The van der Waals surface area contributed by atoms with Crippen molar-refractivity contribution in [1.29, 1.82) is 0 Å². The number of para-hydroxylation sites is 1. The molecule has 0 fully saturated rings. The van der Waals surface area contributed by atoms with Gasteiger partial charge in [-0.1, -0.05) is 36.9 Å². The zero-order valence-electron chi connectivity index (χ0n) is 20.1. The molecule has 0 aliphatic rings. The molecule has 0 saturated carbocycles. The molecule has 4 rings (SSSR count). The Kier molecular flexibility index (Phi) is 8.72. The van der Waals surface area contributed by atoms with Crippen LogP contribution in [-0.2, 0) is 4.79 Å². The van der Waals surface area contributed by atoms with E-state index in [0.717, 1.165) is 34.7 Å². The molecule has 0 aliphatic carbocycles. The van der Waals surface area contributed by atoms with Gasteiger partial charge in [-0.2, -0.15) is 5.10 Å². The van der Waals surface area contributed by atoms with Crippen LogP contribution in [0.25, 0.3) is 17.1 Å². The van der Waals surface area contributed by atoms with E-state index in [0.29, 0.717) is 17.6 Å². The molecule has 3 aromatic carbocycles. The molecule has 1 N–H and O–H groups in total. The smallest absolute Gasteiger partial charge is 0.250 e. The molecule has 8 nitrogen and oxygen atoms in total. The number of methoxy groups -OCH3 is 1. The number of nitrogens with one attached hydrogen (secondary N) is 1. The molecule has 0 radical (unpaired) electrons. The number of aromatic nitrogens is 3. The number of benzene rings is 3. The minimum absolute atomic E-state index is 0.134. The minimum Gasteiger partial charge on any atom is -0.497 e. The summed E-state index contributed by atoms with van der Waals surface area (Å²) < 4.78 is 12.8. The van der Waals surface area contributed by atoms with E-state index in [1.54, 1.807) is 13.3 Å². The number of ether oxygens (including phenoxy) is 2. The first-order chi connectivity index (χ1) is 17.7.